The van der Waals surface area contributed by atoms with Crippen molar-refractivity contribution < 1.29 is 0 Å². The third kappa shape index (κ3) is 7.27. The fourth-order valence-electron chi connectivity index (χ4n) is 6.69. The van der Waals surface area contributed by atoms with E-state index in [0.29, 0.717) is 0 Å². The van der Waals surface area contributed by atoms with Crippen molar-refractivity contribution in [3.05, 3.63) is 121 Å². The minimum Gasteiger partial charge on any atom is -0.195 e. The Labute approximate surface area is 234 Å². The molecule has 0 nitrogen and oxygen atoms in total. The van der Waals surface area contributed by atoms with Crippen LogP contribution in [0, 0.1) is 0 Å². The standard InChI is InChI=1S/C24H20B.C12H28P/c1-5-13-21(14-6-1)25(22-15-7-2-8-16-22,23-17-9-3-10-18-23)24-19-11-4-12-20-24;1-5-9-13(10-6-2,11-7-3)12-8-4/h1-20H;5-12H2,1-4H3/q-1;+1. The fourth-order valence-corrected chi connectivity index (χ4v) is 11.8. The summed E-state index contributed by atoms with van der Waals surface area (Å²) in [7, 11) is -0.496. The molecule has 0 saturated heterocycles. The molecule has 0 aromatic heterocycles. The minimum absolute atomic E-state index is 0.496. The predicted octanol–water partition coefficient (Wildman–Crippen LogP) is 7.71. The Hall–Kier alpha value is -2.63. The highest BCUT2D eigenvalue weighted by molar-refractivity contribution is 7.75. The molecule has 0 radical (unpaired) electrons. The van der Waals surface area contributed by atoms with Crippen molar-refractivity contribution in [2.75, 3.05) is 24.6 Å². The fraction of sp³-hybridized carbons (Fsp3) is 0.333. The highest BCUT2D eigenvalue weighted by Gasteiger charge is 2.33. The normalized spacial score (nSPS) is 11.5. The zero-order chi connectivity index (χ0) is 27.1. The number of hydrogen-bond acceptors (Lipinski definition) is 0. The molecule has 0 atom stereocenters. The summed E-state index contributed by atoms with van der Waals surface area (Å²) >= 11 is 0. The van der Waals surface area contributed by atoms with Gasteiger partial charge in [-0.3, -0.25) is 0 Å². The smallest absolute Gasteiger partial charge is 0.108 e. The van der Waals surface area contributed by atoms with E-state index in [1.807, 2.05) is 0 Å². The molecule has 0 bridgehead atoms. The van der Waals surface area contributed by atoms with E-state index in [1.54, 1.807) is 24.6 Å². The molecule has 0 fully saturated rings. The Bertz CT molecular complexity index is 950. The summed E-state index contributed by atoms with van der Waals surface area (Å²) in [5.74, 6) is 0. The lowest BCUT2D eigenvalue weighted by Crippen LogP contribution is -2.74. The average Bonchev–Trinajstić information content (AvgIpc) is 2.97. The van der Waals surface area contributed by atoms with Crippen molar-refractivity contribution in [3.8, 4) is 0 Å². The molecule has 0 aliphatic heterocycles. The molecule has 0 saturated carbocycles. The van der Waals surface area contributed by atoms with Crippen LogP contribution >= 0.6 is 7.26 Å². The van der Waals surface area contributed by atoms with E-state index in [2.05, 4.69) is 149 Å². The van der Waals surface area contributed by atoms with Crippen LogP contribution in [0.25, 0.3) is 0 Å². The van der Waals surface area contributed by atoms with Gasteiger partial charge in [-0.15, -0.1) is 0 Å². The molecular weight excluding hydrogens is 474 g/mol. The summed E-state index contributed by atoms with van der Waals surface area (Å²) in [6, 6.07) is 43.5. The third-order valence-corrected chi connectivity index (χ3v) is 13.6. The van der Waals surface area contributed by atoms with Crippen molar-refractivity contribution in [2.45, 2.75) is 53.4 Å². The first-order chi connectivity index (χ1) is 18.7. The third-order valence-electron chi connectivity index (χ3n) is 7.99. The van der Waals surface area contributed by atoms with Crippen molar-refractivity contribution >= 4 is 35.3 Å². The lowest BCUT2D eigenvalue weighted by Gasteiger charge is -2.44. The summed E-state index contributed by atoms with van der Waals surface area (Å²) < 4.78 is 0. The first-order valence-electron chi connectivity index (χ1n) is 14.9. The Morgan fingerprint density at radius 1 is 0.368 bits per heavy atom. The van der Waals surface area contributed by atoms with Gasteiger partial charge in [-0.25, -0.2) is 0 Å². The molecule has 0 heterocycles. The molecule has 0 unspecified atom stereocenters. The molecule has 0 amide bonds. The van der Waals surface area contributed by atoms with Gasteiger partial charge in [0.2, 0.25) is 0 Å². The van der Waals surface area contributed by atoms with Gasteiger partial charge < -0.3 is 0 Å². The highest BCUT2D eigenvalue weighted by Crippen LogP contribution is 2.60. The molecule has 4 aromatic carbocycles. The molecule has 0 aliphatic rings. The molecule has 200 valence electrons. The van der Waals surface area contributed by atoms with Crippen molar-refractivity contribution in [3.63, 3.8) is 0 Å². The second kappa shape index (κ2) is 15.7. The monoisotopic (exact) mass is 522 g/mol. The lowest BCUT2D eigenvalue weighted by atomic mass is 9.13. The number of hydrogen-bond donors (Lipinski definition) is 0. The molecule has 2 heteroatoms. The second-order valence-electron chi connectivity index (χ2n) is 10.7. The van der Waals surface area contributed by atoms with E-state index in [1.165, 1.54) is 47.5 Å². The summed E-state index contributed by atoms with van der Waals surface area (Å²) in [6.45, 7) is 9.43. The minimum atomic E-state index is -1.22. The van der Waals surface area contributed by atoms with Gasteiger partial charge in [0, 0.05) is 7.26 Å². The van der Waals surface area contributed by atoms with E-state index in [0.717, 1.165) is 0 Å². The van der Waals surface area contributed by atoms with Crippen LogP contribution in [-0.2, 0) is 0 Å². The van der Waals surface area contributed by atoms with E-state index in [4.69, 9.17) is 0 Å². The summed E-state index contributed by atoms with van der Waals surface area (Å²) in [4.78, 5) is 0. The van der Waals surface area contributed by atoms with E-state index in [9.17, 15) is 0 Å². The van der Waals surface area contributed by atoms with E-state index in [-0.39, 0.29) is 0 Å². The molecule has 0 spiro atoms. The Morgan fingerprint density at radius 2 is 0.579 bits per heavy atom. The van der Waals surface area contributed by atoms with Gasteiger partial charge in [-0.05, 0) is 25.7 Å². The van der Waals surface area contributed by atoms with Gasteiger partial charge >= 0.3 is 0 Å². The molecule has 0 aliphatic carbocycles. The largest absolute Gasteiger partial charge is 0.195 e. The summed E-state index contributed by atoms with van der Waals surface area (Å²) in [5.41, 5.74) is 5.36. The maximum absolute atomic E-state index is 2.36. The van der Waals surface area contributed by atoms with Gasteiger partial charge in [-0.2, -0.15) is 21.9 Å². The lowest BCUT2D eigenvalue weighted by molar-refractivity contribution is 0.963. The van der Waals surface area contributed by atoms with Crippen LogP contribution in [0.3, 0.4) is 0 Å². The van der Waals surface area contributed by atoms with E-state index >= 15 is 0 Å². The molecule has 0 N–H and O–H groups in total. The SMILES string of the molecule is CCC[P+](CCC)(CCC)CCC.c1ccc([B-](c2ccccc2)(c2ccccc2)c2ccccc2)cc1. The van der Waals surface area contributed by atoms with Crippen LogP contribution in [0.5, 0.6) is 0 Å². The summed E-state index contributed by atoms with van der Waals surface area (Å²) in [5, 5.41) is 0. The molecule has 4 rings (SSSR count). The van der Waals surface area contributed by atoms with Crippen molar-refractivity contribution in [1.29, 1.82) is 0 Å². The maximum atomic E-state index is 2.36. The van der Waals surface area contributed by atoms with Gasteiger partial charge in [-0.1, -0.05) is 149 Å². The molecule has 4 aromatic rings. The Kier molecular flexibility index (Phi) is 12.4. The van der Waals surface area contributed by atoms with Crippen LogP contribution in [0.15, 0.2) is 121 Å². The Morgan fingerprint density at radius 3 is 0.763 bits per heavy atom. The van der Waals surface area contributed by atoms with Gasteiger partial charge in [0.1, 0.15) is 6.15 Å². The Balaban J connectivity index is 0.000000263. The average molecular weight is 523 g/mol. The topological polar surface area (TPSA) is 0 Å². The zero-order valence-electron chi connectivity index (χ0n) is 24.2. The zero-order valence-corrected chi connectivity index (χ0v) is 25.1. The quantitative estimate of drug-likeness (QED) is 0.132. The van der Waals surface area contributed by atoms with Crippen LogP contribution in [-0.4, -0.2) is 30.8 Å². The first-order valence-corrected chi connectivity index (χ1v) is 17.4. The predicted molar refractivity (Wildman–Crippen MR) is 178 cm³/mol. The van der Waals surface area contributed by atoms with Crippen LogP contribution < -0.4 is 21.9 Å². The van der Waals surface area contributed by atoms with Gasteiger partial charge in [0.25, 0.3) is 0 Å². The van der Waals surface area contributed by atoms with Gasteiger partial charge in [0.05, 0.1) is 24.6 Å². The highest BCUT2D eigenvalue weighted by atomic mass is 31.2. The number of rotatable bonds is 12. The van der Waals surface area contributed by atoms with Crippen LogP contribution in [0.2, 0.25) is 0 Å². The first kappa shape index (κ1) is 29.9. The van der Waals surface area contributed by atoms with Gasteiger partial charge in [0.15, 0.2) is 0 Å². The number of benzene rings is 4. The van der Waals surface area contributed by atoms with Crippen LogP contribution in [0.4, 0.5) is 0 Å². The summed E-state index contributed by atoms with van der Waals surface area (Å²) in [6.07, 6.45) is 10.7. The van der Waals surface area contributed by atoms with E-state index < -0.39 is 13.4 Å². The second-order valence-corrected chi connectivity index (χ2v) is 15.2. The molecule has 38 heavy (non-hydrogen) atoms. The van der Waals surface area contributed by atoms with Crippen molar-refractivity contribution in [2.24, 2.45) is 0 Å². The molecular formula is C36H48BP. The van der Waals surface area contributed by atoms with Crippen molar-refractivity contribution in [1.82, 2.24) is 0 Å². The van der Waals surface area contributed by atoms with Crippen LogP contribution in [0.1, 0.15) is 53.4 Å². The maximum Gasteiger partial charge on any atom is 0.108 e.